The highest BCUT2D eigenvalue weighted by molar-refractivity contribution is 14.1. The van der Waals surface area contributed by atoms with Crippen molar-refractivity contribution in [2.45, 2.75) is 13.8 Å². The molecule has 2 aromatic rings. The van der Waals surface area contributed by atoms with Crippen LogP contribution in [0.1, 0.15) is 24.2 Å². The summed E-state index contributed by atoms with van der Waals surface area (Å²) in [7, 11) is 0. The van der Waals surface area contributed by atoms with Crippen molar-refractivity contribution in [1.82, 2.24) is 0 Å². The molecule has 0 unspecified atom stereocenters. The first-order valence-electron chi connectivity index (χ1n) is 7.06. The van der Waals surface area contributed by atoms with E-state index in [2.05, 4.69) is 46.7 Å². The highest BCUT2D eigenvalue weighted by Crippen LogP contribution is 2.19. The molecule has 4 heteroatoms. The second-order valence-corrected chi connectivity index (χ2v) is 5.82. The van der Waals surface area contributed by atoms with Crippen LogP contribution in [0.2, 0.25) is 0 Å². The van der Waals surface area contributed by atoms with Gasteiger partial charge in [-0.15, -0.1) is 0 Å². The summed E-state index contributed by atoms with van der Waals surface area (Å²) in [5.74, 6) is -0.0735. The molecule has 3 nitrogen and oxygen atoms in total. The Morgan fingerprint density at radius 2 is 1.67 bits per heavy atom. The Labute approximate surface area is 139 Å². The summed E-state index contributed by atoms with van der Waals surface area (Å²) in [6.45, 7) is 6.22. The number of amides is 1. The molecule has 110 valence electrons. The molecule has 0 saturated carbocycles. The molecule has 0 aliphatic rings. The van der Waals surface area contributed by atoms with E-state index >= 15 is 0 Å². The van der Waals surface area contributed by atoms with E-state index in [1.807, 2.05) is 48.5 Å². The fourth-order valence-electron chi connectivity index (χ4n) is 2.19. The molecule has 0 heterocycles. The Balaban J connectivity index is 2.10. The lowest BCUT2D eigenvalue weighted by molar-refractivity contribution is 0.102. The largest absolute Gasteiger partial charge is 0.372 e. The topological polar surface area (TPSA) is 32.3 Å². The van der Waals surface area contributed by atoms with E-state index < -0.39 is 0 Å². The second-order valence-electron chi connectivity index (χ2n) is 4.65. The number of carbonyl (C=O) groups excluding carboxylic acids is 1. The first-order valence-corrected chi connectivity index (χ1v) is 8.14. The molecule has 0 aliphatic carbocycles. The van der Waals surface area contributed by atoms with Crippen molar-refractivity contribution in [2.24, 2.45) is 0 Å². The number of hydrogen-bond donors (Lipinski definition) is 1. The van der Waals surface area contributed by atoms with E-state index in [1.54, 1.807) is 0 Å². The summed E-state index contributed by atoms with van der Waals surface area (Å²) in [5, 5.41) is 2.94. The summed E-state index contributed by atoms with van der Waals surface area (Å²) in [6, 6.07) is 15.5. The Hall–Kier alpha value is -1.56. The normalized spacial score (nSPS) is 10.2. The molecule has 0 bridgehead atoms. The van der Waals surface area contributed by atoms with Crippen LogP contribution in [0.15, 0.2) is 48.5 Å². The van der Waals surface area contributed by atoms with Crippen LogP contribution in [-0.4, -0.2) is 19.0 Å². The summed E-state index contributed by atoms with van der Waals surface area (Å²) in [6.07, 6.45) is 0. The molecule has 0 aliphatic heterocycles. The molecule has 0 radical (unpaired) electrons. The van der Waals surface area contributed by atoms with Crippen molar-refractivity contribution in [2.75, 3.05) is 23.3 Å². The van der Waals surface area contributed by atoms with Gasteiger partial charge in [0.2, 0.25) is 0 Å². The van der Waals surface area contributed by atoms with Gasteiger partial charge in [-0.2, -0.15) is 0 Å². The third-order valence-electron chi connectivity index (χ3n) is 3.37. The monoisotopic (exact) mass is 394 g/mol. The summed E-state index contributed by atoms with van der Waals surface area (Å²) in [4.78, 5) is 14.5. The van der Waals surface area contributed by atoms with E-state index in [9.17, 15) is 4.79 Å². The summed E-state index contributed by atoms with van der Waals surface area (Å²) in [5.41, 5.74) is 2.69. The van der Waals surface area contributed by atoms with Gasteiger partial charge < -0.3 is 10.2 Å². The number of anilines is 2. The van der Waals surface area contributed by atoms with Gasteiger partial charge in [-0.05, 0) is 72.8 Å². The quantitative estimate of drug-likeness (QED) is 0.763. The summed E-state index contributed by atoms with van der Waals surface area (Å²) < 4.78 is 0.951. The fraction of sp³-hybridized carbons (Fsp3) is 0.235. The fourth-order valence-corrected chi connectivity index (χ4v) is 2.82. The van der Waals surface area contributed by atoms with E-state index in [4.69, 9.17) is 0 Å². The zero-order valence-electron chi connectivity index (χ0n) is 12.3. The van der Waals surface area contributed by atoms with Gasteiger partial charge in [0.05, 0.1) is 5.56 Å². The minimum atomic E-state index is -0.0735. The van der Waals surface area contributed by atoms with Crippen molar-refractivity contribution in [3.63, 3.8) is 0 Å². The molecule has 0 saturated heterocycles. The van der Waals surface area contributed by atoms with Crippen molar-refractivity contribution in [3.05, 3.63) is 57.7 Å². The maximum Gasteiger partial charge on any atom is 0.256 e. The lowest BCUT2D eigenvalue weighted by Crippen LogP contribution is -2.21. The van der Waals surface area contributed by atoms with Gasteiger partial charge in [-0.25, -0.2) is 0 Å². The van der Waals surface area contributed by atoms with Gasteiger partial charge in [0.25, 0.3) is 5.91 Å². The van der Waals surface area contributed by atoms with Crippen LogP contribution in [0.25, 0.3) is 0 Å². The SMILES string of the molecule is CCN(CC)c1ccc(NC(=O)c2ccccc2I)cc1. The van der Waals surface area contributed by atoms with Gasteiger partial charge in [-0.1, -0.05) is 12.1 Å². The molecule has 0 spiro atoms. The van der Waals surface area contributed by atoms with Crippen LogP contribution in [0, 0.1) is 3.57 Å². The standard InChI is InChI=1S/C17H19IN2O/c1-3-20(4-2)14-11-9-13(10-12-14)19-17(21)15-7-5-6-8-16(15)18/h5-12H,3-4H2,1-2H3,(H,19,21). The van der Waals surface area contributed by atoms with Crippen LogP contribution >= 0.6 is 22.6 Å². The zero-order valence-corrected chi connectivity index (χ0v) is 14.4. The number of halogens is 1. The summed E-state index contributed by atoms with van der Waals surface area (Å²) >= 11 is 2.17. The molecule has 1 N–H and O–H groups in total. The van der Waals surface area contributed by atoms with Gasteiger partial charge in [0.15, 0.2) is 0 Å². The molecular formula is C17H19IN2O. The number of nitrogens with one attached hydrogen (secondary N) is 1. The Kier molecular flexibility index (Phi) is 5.61. The maximum absolute atomic E-state index is 12.2. The maximum atomic E-state index is 12.2. The number of nitrogens with zero attached hydrogens (tertiary/aromatic N) is 1. The van der Waals surface area contributed by atoms with E-state index in [0.29, 0.717) is 5.56 Å². The van der Waals surface area contributed by atoms with Gasteiger partial charge >= 0.3 is 0 Å². The Morgan fingerprint density at radius 3 is 2.24 bits per heavy atom. The number of carbonyl (C=O) groups is 1. The highest BCUT2D eigenvalue weighted by atomic mass is 127. The van der Waals surface area contributed by atoms with Crippen LogP contribution in [-0.2, 0) is 0 Å². The molecule has 0 atom stereocenters. The lowest BCUT2D eigenvalue weighted by atomic mass is 10.2. The molecule has 21 heavy (non-hydrogen) atoms. The average Bonchev–Trinajstić information content (AvgIpc) is 2.50. The van der Waals surface area contributed by atoms with Gasteiger partial charge in [-0.3, -0.25) is 4.79 Å². The molecule has 2 aromatic carbocycles. The molecular weight excluding hydrogens is 375 g/mol. The van der Waals surface area contributed by atoms with Crippen LogP contribution < -0.4 is 10.2 Å². The average molecular weight is 394 g/mol. The van der Waals surface area contributed by atoms with Crippen LogP contribution in [0.3, 0.4) is 0 Å². The lowest BCUT2D eigenvalue weighted by Gasteiger charge is -2.21. The van der Waals surface area contributed by atoms with E-state index in [-0.39, 0.29) is 5.91 Å². The number of benzene rings is 2. The Bertz CT molecular complexity index is 606. The number of hydrogen-bond acceptors (Lipinski definition) is 2. The first kappa shape index (κ1) is 15.8. The third kappa shape index (κ3) is 3.97. The highest BCUT2D eigenvalue weighted by Gasteiger charge is 2.09. The van der Waals surface area contributed by atoms with Crippen molar-refractivity contribution >= 4 is 39.9 Å². The third-order valence-corrected chi connectivity index (χ3v) is 4.31. The van der Waals surface area contributed by atoms with Gasteiger partial charge in [0, 0.05) is 28.0 Å². The zero-order chi connectivity index (χ0) is 15.2. The predicted octanol–water partition coefficient (Wildman–Crippen LogP) is 4.39. The smallest absolute Gasteiger partial charge is 0.256 e. The molecule has 0 aromatic heterocycles. The molecule has 2 rings (SSSR count). The second kappa shape index (κ2) is 7.45. The van der Waals surface area contributed by atoms with Crippen LogP contribution in [0.4, 0.5) is 11.4 Å². The van der Waals surface area contributed by atoms with Crippen molar-refractivity contribution < 1.29 is 4.79 Å². The molecule has 0 fully saturated rings. The molecule has 1 amide bonds. The van der Waals surface area contributed by atoms with E-state index in [1.165, 1.54) is 5.69 Å². The first-order chi connectivity index (χ1) is 10.2. The van der Waals surface area contributed by atoms with Crippen LogP contribution in [0.5, 0.6) is 0 Å². The minimum absolute atomic E-state index is 0.0735. The van der Waals surface area contributed by atoms with Gasteiger partial charge in [0.1, 0.15) is 0 Å². The predicted molar refractivity (Wildman–Crippen MR) is 97.1 cm³/mol. The minimum Gasteiger partial charge on any atom is -0.372 e. The Morgan fingerprint density at radius 1 is 1.05 bits per heavy atom. The number of rotatable bonds is 5. The van der Waals surface area contributed by atoms with Crippen molar-refractivity contribution in [3.8, 4) is 0 Å². The van der Waals surface area contributed by atoms with E-state index in [0.717, 1.165) is 22.3 Å². The van der Waals surface area contributed by atoms with Crippen molar-refractivity contribution in [1.29, 1.82) is 0 Å².